The number of hydrogen-bond donors (Lipinski definition) is 2. The van der Waals surface area contributed by atoms with E-state index in [2.05, 4.69) is 18.3 Å². The van der Waals surface area contributed by atoms with Crippen LogP contribution in [-0.2, 0) is 6.61 Å². The summed E-state index contributed by atoms with van der Waals surface area (Å²) >= 11 is 0. The first-order valence-electron chi connectivity index (χ1n) is 4.75. The standard InChI is InChI=1S/C11H15NO/c1-8-2-3-9(7-13)10(6-8)11-4-5-12-11/h2-3,6,11-13H,4-5,7H2,1H3/t11-/m0/s1. The van der Waals surface area contributed by atoms with Gasteiger partial charge in [0, 0.05) is 6.04 Å². The number of nitrogens with one attached hydrogen (secondary N) is 1. The van der Waals surface area contributed by atoms with Gasteiger partial charge in [-0.2, -0.15) is 0 Å². The van der Waals surface area contributed by atoms with Gasteiger partial charge in [0.25, 0.3) is 0 Å². The van der Waals surface area contributed by atoms with Crippen LogP contribution in [0.1, 0.15) is 29.2 Å². The molecule has 1 aliphatic heterocycles. The zero-order valence-corrected chi connectivity index (χ0v) is 7.88. The van der Waals surface area contributed by atoms with Crippen molar-refractivity contribution >= 4 is 0 Å². The van der Waals surface area contributed by atoms with Crippen LogP contribution in [0, 0.1) is 6.92 Å². The predicted molar refractivity (Wildman–Crippen MR) is 52.5 cm³/mol. The minimum Gasteiger partial charge on any atom is -0.392 e. The van der Waals surface area contributed by atoms with Gasteiger partial charge in [0.15, 0.2) is 0 Å². The van der Waals surface area contributed by atoms with E-state index in [0.29, 0.717) is 6.04 Å². The van der Waals surface area contributed by atoms with Gasteiger partial charge in [-0.3, -0.25) is 0 Å². The lowest BCUT2D eigenvalue weighted by Crippen LogP contribution is -2.35. The molecule has 2 heteroatoms. The molecule has 2 N–H and O–H groups in total. The second kappa shape index (κ2) is 3.48. The van der Waals surface area contributed by atoms with E-state index < -0.39 is 0 Å². The molecule has 0 bridgehead atoms. The Kier molecular flexibility index (Phi) is 2.34. The van der Waals surface area contributed by atoms with Gasteiger partial charge in [-0.1, -0.05) is 23.8 Å². The molecule has 70 valence electrons. The Bertz CT molecular complexity index is 305. The Morgan fingerprint density at radius 3 is 2.85 bits per heavy atom. The van der Waals surface area contributed by atoms with Crippen LogP contribution in [0.15, 0.2) is 18.2 Å². The van der Waals surface area contributed by atoms with Gasteiger partial charge in [-0.15, -0.1) is 0 Å². The summed E-state index contributed by atoms with van der Waals surface area (Å²) < 4.78 is 0. The average molecular weight is 177 g/mol. The summed E-state index contributed by atoms with van der Waals surface area (Å²) in [4.78, 5) is 0. The third-order valence-electron chi connectivity index (χ3n) is 2.67. The number of aliphatic hydroxyl groups is 1. The van der Waals surface area contributed by atoms with Crippen molar-refractivity contribution in [3.05, 3.63) is 34.9 Å². The van der Waals surface area contributed by atoms with Crippen LogP contribution in [0.4, 0.5) is 0 Å². The van der Waals surface area contributed by atoms with Gasteiger partial charge < -0.3 is 10.4 Å². The van der Waals surface area contributed by atoms with E-state index in [4.69, 9.17) is 5.11 Å². The highest BCUT2D eigenvalue weighted by atomic mass is 16.3. The Morgan fingerprint density at radius 2 is 2.31 bits per heavy atom. The summed E-state index contributed by atoms with van der Waals surface area (Å²) in [6.07, 6.45) is 1.19. The van der Waals surface area contributed by atoms with Crippen molar-refractivity contribution in [3.8, 4) is 0 Å². The molecule has 1 aliphatic rings. The molecule has 0 aliphatic carbocycles. The Balaban J connectivity index is 2.33. The fraction of sp³-hybridized carbons (Fsp3) is 0.455. The third kappa shape index (κ3) is 1.60. The van der Waals surface area contributed by atoms with Gasteiger partial charge in [0.1, 0.15) is 0 Å². The van der Waals surface area contributed by atoms with E-state index in [1.165, 1.54) is 17.5 Å². The number of aryl methyl sites for hydroxylation is 1. The van der Waals surface area contributed by atoms with Crippen LogP contribution in [0.25, 0.3) is 0 Å². The summed E-state index contributed by atoms with van der Waals surface area (Å²) in [5, 5.41) is 12.5. The molecule has 0 radical (unpaired) electrons. The van der Waals surface area contributed by atoms with E-state index in [-0.39, 0.29) is 6.61 Å². The first-order valence-corrected chi connectivity index (χ1v) is 4.75. The molecule has 0 saturated carbocycles. The van der Waals surface area contributed by atoms with E-state index in [1.807, 2.05) is 12.1 Å². The molecule has 2 nitrogen and oxygen atoms in total. The van der Waals surface area contributed by atoms with Crippen LogP contribution in [0.3, 0.4) is 0 Å². The Hall–Kier alpha value is -0.860. The van der Waals surface area contributed by atoms with Crippen LogP contribution >= 0.6 is 0 Å². The zero-order valence-electron chi connectivity index (χ0n) is 7.88. The molecular weight excluding hydrogens is 162 g/mol. The normalized spacial score (nSPS) is 21.2. The highest BCUT2D eigenvalue weighted by Crippen LogP contribution is 2.26. The molecule has 1 aromatic rings. The van der Waals surface area contributed by atoms with Gasteiger partial charge in [0.05, 0.1) is 6.61 Å². The number of rotatable bonds is 2. The summed E-state index contributed by atoms with van der Waals surface area (Å²) in [5.41, 5.74) is 3.59. The molecule has 0 unspecified atom stereocenters. The van der Waals surface area contributed by atoms with Crippen molar-refractivity contribution in [1.29, 1.82) is 0 Å². The van der Waals surface area contributed by atoms with Crippen molar-refractivity contribution in [2.24, 2.45) is 0 Å². The van der Waals surface area contributed by atoms with E-state index in [0.717, 1.165) is 12.1 Å². The summed E-state index contributed by atoms with van der Waals surface area (Å²) in [6.45, 7) is 3.33. The maximum absolute atomic E-state index is 9.15. The molecule has 13 heavy (non-hydrogen) atoms. The fourth-order valence-electron chi connectivity index (χ4n) is 1.74. The lowest BCUT2D eigenvalue weighted by molar-refractivity contribution is 0.276. The van der Waals surface area contributed by atoms with E-state index in [9.17, 15) is 0 Å². The van der Waals surface area contributed by atoms with Crippen molar-refractivity contribution in [2.45, 2.75) is 26.0 Å². The lowest BCUT2D eigenvalue weighted by atomic mass is 9.92. The average Bonchev–Trinajstić information content (AvgIpc) is 2.02. The van der Waals surface area contributed by atoms with E-state index >= 15 is 0 Å². The maximum Gasteiger partial charge on any atom is 0.0685 e. The van der Waals surface area contributed by atoms with Crippen LogP contribution in [0.5, 0.6) is 0 Å². The fourth-order valence-corrected chi connectivity index (χ4v) is 1.74. The highest BCUT2D eigenvalue weighted by molar-refractivity contribution is 5.34. The molecule has 0 aromatic heterocycles. The lowest BCUT2D eigenvalue weighted by Gasteiger charge is -2.29. The monoisotopic (exact) mass is 177 g/mol. The smallest absolute Gasteiger partial charge is 0.0685 e. The topological polar surface area (TPSA) is 32.3 Å². The van der Waals surface area contributed by atoms with Crippen LogP contribution in [0.2, 0.25) is 0 Å². The Labute approximate surface area is 78.6 Å². The summed E-state index contributed by atoms with van der Waals surface area (Å²) in [7, 11) is 0. The third-order valence-corrected chi connectivity index (χ3v) is 2.67. The number of benzene rings is 1. The van der Waals surface area contributed by atoms with E-state index in [1.54, 1.807) is 0 Å². The van der Waals surface area contributed by atoms with Gasteiger partial charge in [0.2, 0.25) is 0 Å². The second-order valence-electron chi connectivity index (χ2n) is 3.66. The molecule has 1 saturated heterocycles. The minimum absolute atomic E-state index is 0.147. The number of aliphatic hydroxyl groups excluding tert-OH is 1. The SMILES string of the molecule is Cc1ccc(CO)c([C@@H]2CCN2)c1. The first-order chi connectivity index (χ1) is 6.31. The quantitative estimate of drug-likeness (QED) is 0.718. The zero-order chi connectivity index (χ0) is 9.26. The van der Waals surface area contributed by atoms with Crippen molar-refractivity contribution in [1.82, 2.24) is 5.32 Å². The molecule has 1 heterocycles. The van der Waals surface area contributed by atoms with Crippen molar-refractivity contribution < 1.29 is 5.11 Å². The Morgan fingerprint density at radius 1 is 1.54 bits per heavy atom. The molecule has 2 rings (SSSR count). The van der Waals surface area contributed by atoms with Gasteiger partial charge in [-0.25, -0.2) is 0 Å². The molecular formula is C11H15NO. The van der Waals surface area contributed by atoms with Crippen molar-refractivity contribution in [3.63, 3.8) is 0 Å². The van der Waals surface area contributed by atoms with Gasteiger partial charge in [-0.05, 0) is 31.0 Å². The molecule has 1 fully saturated rings. The molecule has 0 spiro atoms. The van der Waals surface area contributed by atoms with Crippen LogP contribution < -0.4 is 5.32 Å². The minimum atomic E-state index is 0.147. The maximum atomic E-state index is 9.15. The molecule has 1 atom stereocenters. The molecule has 0 amide bonds. The molecule has 1 aromatic carbocycles. The number of hydrogen-bond acceptors (Lipinski definition) is 2. The first kappa shape index (κ1) is 8.73. The largest absolute Gasteiger partial charge is 0.392 e. The van der Waals surface area contributed by atoms with Gasteiger partial charge >= 0.3 is 0 Å². The predicted octanol–water partition coefficient (Wildman–Crippen LogP) is 1.52. The second-order valence-corrected chi connectivity index (χ2v) is 3.66. The van der Waals surface area contributed by atoms with Crippen LogP contribution in [-0.4, -0.2) is 11.7 Å². The summed E-state index contributed by atoms with van der Waals surface area (Å²) in [6, 6.07) is 6.71. The highest BCUT2D eigenvalue weighted by Gasteiger charge is 2.20. The van der Waals surface area contributed by atoms with Crippen molar-refractivity contribution in [2.75, 3.05) is 6.54 Å². The summed E-state index contributed by atoms with van der Waals surface area (Å²) in [5.74, 6) is 0.